The summed E-state index contributed by atoms with van der Waals surface area (Å²) in [7, 11) is 0. The van der Waals surface area contributed by atoms with Gasteiger partial charge in [-0.25, -0.2) is 0 Å². The van der Waals surface area contributed by atoms with E-state index in [0.717, 1.165) is 18.4 Å². The highest BCUT2D eigenvalue weighted by molar-refractivity contribution is 5.87. The number of hydrogen-bond donors (Lipinski definition) is 1. The van der Waals surface area contributed by atoms with Gasteiger partial charge in [-0.3, -0.25) is 9.59 Å². The van der Waals surface area contributed by atoms with Crippen LogP contribution < -0.4 is 5.32 Å². The molecule has 1 heterocycles. The van der Waals surface area contributed by atoms with Crippen molar-refractivity contribution in [2.24, 2.45) is 5.92 Å². The van der Waals surface area contributed by atoms with E-state index in [2.05, 4.69) is 31.0 Å². The van der Waals surface area contributed by atoms with Gasteiger partial charge in [0.2, 0.25) is 5.91 Å². The molecule has 0 aliphatic carbocycles. The fourth-order valence-electron chi connectivity index (χ4n) is 2.83. The molecule has 1 aliphatic rings. The molecule has 1 saturated heterocycles. The van der Waals surface area contributed by atoms with Crippen molar-refractivity contribution < 1.29 is 19.1 Å². The zero-order valence-corrected chi connectivity index (χ0v) is 15.9. The molecule has 5 atom stereocenters. The summed E-state index contributed by atoms with van der Waals surface area (Å²) in [5, 5.41) is 2.98. The molecule has 1 amide bonds. The third-order valence-electron chi connectivity index (χ3n) is 4.35. The summed E-state index contributed by atoms with van der Waals surface area (Å²) in [5.41, 5.74) is 1.02. The maximum Gasteiger partial charge on any atom is 0.303 e. The molecule has 0 spiro atoms. The van der Waals surface area contributed by atoms with Gasteiger partial charge in [-0.05, 0) is 32.3 Å². The zero-order valence-electron chi connectivity index (χ0n) is 15.9. The SMILES string of the molecule is C=[C+]/C(C)=C/C[C@@H]1O[C@H](C)[C@H](NC(=O)/C=C\[C@H](C)OC(C)=O)C[C@@H]1C. The molecule has 0 aromatic carbocycles. The van der Waals surface area contributed by atoms with Crippen molar-refractivity contribution in [1.82, 2.24) is 5.32 Å². The molecule has 1 rings (SSSR count). The normalized spacial score (nSPS) is 28.3. The lowest BCUT2D eigenvalue weighted by Gasteiger charge is -2.38. The topological polar surface area (TPSA) is 64.6 Å². The first-order chi connectivity index (χ1) is 11.7. The van der Waals surface area contributed by atoms with E-state index in [9.17, 15) is 9.59 Å². The van der Waals surface area contributed by atoms with Gasteiger partial charge in [-0.1, -0.05) is 6.92 Å². The Morgan fingerprint density at radius 1 is 1.40 bits per heavy atom. The first-order valence-electron chi connectivity index (χ1n) is 8.74. The number of rotatable bonds is 7. The Morgan fingerprint density at radius 3 is 2.68 bits per heavy atom. The predicted molar refractivity (Wildman–Crippen MR) is 97.7 cm³/mol. The van der Waals surface area contributed by atoms with E-state index in [1.165, 1.54) is 13.0 Å². The molecule has 0 aromatic rings. The third-order valence-corrected chi connectivity index (χ3v) is 4.35. The monoisotopic (exact) mass is 348 g/mol. The third kappa shape index (κ3) is 7.63. The van der Waals surface area contributed by atoms with Crippen LogP contribution in [-0.4, -0.2) is 36.2 Å². The predicted octanol–water partition coefficient (Wildman–Crippen LogP) is 3.12. The maximum absolute atomic E-state index is 12.1. The second-order valence-electron chi connectivity index (χ2n) is 6.68. The van der Waals surface area contributed by atoms with Crippen molar-refractivity contribution in [2.75, 3.05) is 0 Å². The number of carbonyl (C=O) groups excluding carboxylic acids is 2. The van der Waals surface area contributed by atoms with Gasteiger partial charge in [-0.15, -0.1) is 0 Å². The lowest BCUT2D eigenvalue weighted by molar-refractivity contribution is -0.143. The minimum absolute atomic E-state index is 0.0384. The van der Waals surface area contributed by atoms with Crippen LogP contribution in [0.1, 0.15) is 47.5 Å². The highest BCUT2D eigenvalue weighted by Crippen LogP contribution is 2.27. The molecule has 5 nitrogen and oxygen atoms in total. The number of nitrogens with one attached hydrogen (secondary N) is 1. The Kier molecular flexibility index (Phi) is 8.53. The van der Waals surface area contributed by atoms with Crippen molar-refractivity contribution in [3.8, 4) is 0 Å². The average molecular weight is 348 g/mol. The van der Waals surface area contributed by atoms with Crippen molar-refractivity contribution in [3.05, 3.63) is 36.5 Å². The molecule has 25 heavy (non-hydrogen) atoms. The number of ether oxygens (including phenoxy) is 2. The standard InChI is InChI=1S/C20H29NO4/c1-7-13(2)8-10-19-14(3)12-18(16(5)25-19)21-20(23)11-9-15(4)24-17(6)22/h8-9,11,14-16,18-19H,1,10,12H2,2-6H3/p+1/b11-9-,13-8+/t14-,15-,16+,18+,19-/m0/s1. The van der Waals surface area contributed by atoms with Gasteiger partial charge in [0.15, 0.2) is 5.57 Å². The van der Waals surface area contributed by atoms with Crippen LogP contribution >= 0.6 is 0 Å². The highest BCUT2D eigenvalue weighted by Gasteiger charge is 2.34. The Morgan fingerprint density at radius 2 is 2.08 bits per heavy atom. The van der Waals surface area contributed by atoms with Gasteiger partial charge in [-0.2, -0.15) is 0 Å². The van der Waals surface area contributed by atoms with E-state index < -0.39 is 6.10 Å². The number of allylic oxidation sites excluding steroid dienone is 2. The second kappa shape index (κ2) is 10.1. The van der Waals surface area contributed by atoms with E-state index in [1.807, 2.05) is 13.8 Å². The number of carbonyl (C=O) groups is 2. The van der Waals surface area contributed by atoms with Crippen molar-refractivity contribution in [3.63, 3.8) is 0 Å². The summed E-state index contributed by atoms with van der Waals surface area (Å²) < 4.78 is 11.0. The highest BCUT2D eigenvalue weighted by atomic mass is 16.5. The molecule has 0 saturated carbocycles. The number of amides is 1. The van der Waals surface area contributed by atoms with Crippen LogP contribution in [0.4, 0.5) is 0 Å². The first-order valence-corrected chi connectivity index (χ1v) is 8.74. The molecule has 138 valence electrons. The van der Waals surface area contributed by atoms with E-state index in [1.54, 1.807) is 13.0 Å². The molecule has 1 fully saturated rings. The van der Waals surface area contributed by atoms with Crippen LogP contribution in [0.25, 0.3) is 0 Å². The van der Waals surface area contributed by atoms with Gasteiger partial charge < -0.3 is 14.8 Å². The Bertz CT molecular complexity index is 538. The maximum atomic E-state index is 12.1. The van der Waals surface area contributed by atoms with Gasteiger partial charge in [0.05, 0.1) is 36.8 Å². The Balaban J connectivity index is 2.53. The van der Waals surface area contributed by atoms with Gasteiger partial charge in [0, 0.05) is 26.5 Å². The molecule has 5 heteroatoms. The fourth-order valence-corrected chi connectivity index (χ4v) is 2.83. The average Bonchev–Trinajstić information content (AvgIpc) is 2.53. The van der Waals surface area contributed by atoms with E-state index in [-0.39, 0.29) is 30.1 Å². The van der Waals surface area contributed by atoms with E-state index in [4.69, 9.17) is 9.47 Å². The van der Waals surface area contributed by atoms with Crippen molar-refractivity contribution in [1.29, 1.82) is 0 Å². The molecular weight excluding hydrogens is 318 g/mol. The smallest absolute Gasteiger partial charge is 0.303 e. The van der Waals surface area contributed by atoms with E-state index in [0.29, 0.717) is 5.92 Å². The molecular formula is C20H30NO4+. The van der Waals surface area contributed by atoms with Crippen LogP contribution in [0.5, 0.6) is 0 Å². The Hall–Kier alpha value is -1.97. The minimum Gasteiger partial charge on any atom is -0.459 e. The molecule has 1 aliphatic heterocycles. The molecule has 0 unspecified atom stereocenters. The van der Waals surface area contributed by atoms with Crippen LogP contribution in [0.15, 0.2) is 30.4 Å². The van der Waals surface area contributed by atoms with Gasteiger partial charge >= 0.3 is 5.97 Å². The largest absolute Gasteiger partial charge is 0.459 e. The summed E-state index contributed by atoms with van der Waals surface area (Å²) in [6, 6.07) is -0.0384. The fraction of sp³-hybridized carbons (Fsp3) is 0.600. The lowest BCUT2D eigenvalue weighted by atomic mass is 9.88. The molecule has 0 aromatic heterocycles. The Labute approximate surface area is 151 Å². The van der Waals surface area contributed by atoms with Crippen LogP contribution in [0, 0.1) is 12.0 Å². The van der Waals surface area contributed by atoms with Crippen molar-refractivity contribution in [2.45, 2.75) is 71.8 Å². The first kappa shape index (κ1) is 21.1. The van der Waals surface area contributed by atoms with Crippen LogP contribution in [-0.2, 0) is 19.1 Å². The molecule has 1 N–H and O–H groups in total. The summed E-state index contributed by atoms with van der Waals surface area (Å²) in [6.07, 6.45) is 9.23. The summed E-state index contributed by atoms with van der Waals surface area (Å²) in [5.74, 6) is -0.244. The van der Waals surface area contributed by atoms with Crippen molar-refractivity contribution >= 4 is 11.9 Å². The molecule has 0 bridgehead atoms. The number of hydrogen-bond acceptors (Lipinski definition) is 4. The van der Waals surface area contributed by atoms with Gasteiger partial charge in [0.25, 0.3) is 0 Å². The summed E-state index contributed by atoms with van der Waals surface area (Å²) in [4.78, 5) is 22.9. The minimum atomic E-state index is -0.428. The van der Waals surface area contributed by atoms with E-state index >= 15 is 0 Å². The zero-order chi connectivity index (χ0) is 19.0. The quantitative estimate of drug-likeness (QED) is 0.332. The van der Waals surface area contributed by atoms with Gasteiger partial charge in [0.1, 0.15) is 6.10 Å². The van der Waals surface area contributed by atoms with Crippen LogP contribution in [0.3, 0.4) is 0 Å². The summed E-state index contributed by atoms with van der Waals surface area (Å²) >= 11 is 0. The van der Waals surface area contributed by atoms with Crippen LogP contribution in [0.2, 0.25) is 0 Å². The second-order valence-corrected chi connectivity index (χ2v) is 6.68. The lowest BCUT2D eigenvalue weighted by Crippen LogP contribution is -2.50. The molecule has 0 radical (unpaired) electrons. The summed E-state index contributed by atoms with van der Waals surface area (Å²) in [6.45, 7) is 12.8. The number of esters is 1.